The van der Waals surface area contributed by atoms with Crippen LogP contribution in [-0.4, -0.2) is 35.2 Å². The van der Waals surface area contributed by atoms with Gasteiger partial charge in [0.15, 0.2) is 0 Å². The SMILES string of the molecule is C=CCS(=O)(=O)N(CCC)Cc1ccc(-c2noc(C(F)(F)F)n2)cc1. The number of hydrogen-bond donors (Lipinski definition) is 0. The fourth-order valence-electron chi connectivity index (χ4n) is 2.24. The summed E-state index contributed by atoms with van der Waals surface area (Å²) < 4.78 is 67.5. The van der Waals surface area contributed by atoms with Crippen LogP contribution in [0.3, 0.4) is 0 Å². The third-order valence-electron chi connectivity index (χ3n) is 3.43. The van der Waals surface area contributed by atoms with Gasteiger partial charge in [0.05, 0.1) is 5.75 Å². The zero-order valence-corrected chi connectivity index (χ0v) is 14.8. The second-order valence-corrected chi connectivity index (χ2v) is 7.53. The molecule has 2 rings (SSSR count). The molecule has 0 N–H and O–H groups in total. The smallest absolute Gasteiger partial charge is 0.329 e. The van der Waals surface area contributed by atoms with Crippen LogP contribution in [0.2, 0.25) is 0 Å². The first-order chi connectivity index (χ1) is 12.2. The van der Waals surface area contributed by atoms with Crippen molar-refractivity contribution in [1.29, 1.82) is 0 Å². The van der Waals surface area contributed by atoms with Crippen LogP contribution in [0.1, 0.15) is 24.8 Å². The Morgan fingerprint density at radius 1 is 1.27 bits per heavy atom. The Hall–Kier alpha value is -2.20. The Labute approximate surface area is 149 Å². The van der Waals surface area contributed by atoms with Gasteiger partial charge in [-0.05, 0) is 12.0 Å². The molecule has 1 aromatic heterocycles. The maximum Gasteiger partial charge on any atom is 0.471 e. The molecule has 10 heteroatoms. The number of benzene rings is 1. The molecule has 0 spiro atoms. The lowest BCUT2D eigenvalue weighted by molar-refractivity contribution is -0.159. The van der Waals surface area contributed by atoms with Crippen molar-refractivity contribution in [2.24, 2.45) is 0 Å². The predicted octanol–water partition coefficient (Wildman–Crippen LogP) is 3.48. The average Bonchev–Trinajstić information content (AvgIpc) is 3.05. The third kappa shape index (κ3) is 4.92. The zero-order valence-electron chi connectivity index (χ0n) is 14.0. The molecule has 1 aromatic carbocycles. The summed E-state index contributed by atoms with van der Waals surface area (Å²) >= 11 is 0. The van der Waals surface area contributed by atoms with Crippen LogP contribution in [0, 0.1) is 0 Å². The van der Waals surface area contributed by atoms with Gasteiger partial charge in [0.2, 0.25) is 15.8 Å². The molecule has 0 atom stereocenters. The summed E-state index contributed by atoms with van der Waals surface area (Å²) in [5.74, 6) is -1.76. The number of halogens is 3. The molecule has 0 radical (unpaired) electrons. The van der Waals surface area contributed by atoms with Crippen LogP contribution in [0.25, 0.3) is 11.4 Å². The lowest BCUT2D eigenvalue weighted by Crippen LogP contribution is -2.32. The monoisotopic (exact) mass is 389 g/mol. The first-order valence-electron chi connectivity index (χ1n) is 7.76. The van der Waals surface area contributed by atoms with E-state index >= 15 is 0 Å². The molecule has 1 heterocycles. The van der Waals surface area contributed by atoms with Gasteiger partial charge in [0.25, 0.3) is 0 Å². The minimum absolute atomic E-state index is 0.157. The van der Waals surface area contributed by atoms with E-state index in [4.69, 9.17) is 0 Å². The highest BCUT2D eigenvalue weighted by atomic mass is 32.2. The highest BCUT2D eigenvalue weighted by molar-refractivity contribution is 7.89. The van der Waals surface area contributed by atoms with Crippen LogP contribution < -0.4 is 0 Å². The average molecular weight is 389 g/mol. The van der Waals surface area contributed by atoms with Gasteiger partial charge in [-0.3, -0.25) is 0 Å². The van der Waals surface area contributed by atoms with E-state index in [1.165, 1.54) is 22.5 Å². The summed E-state index contributed by atoms with van der Waals surface area (Å²) in [6.07, 6.45) is -2.72. The summed E-state index contributed by atoms with van der Waals surface area (Å²) in [5, 5.41) is 3.31. The first-order valence-corrected chi connectivity index (χ1v) is 9.37. The molecule has 0 aliphatic rings. The number of sulfonamides is 1. The Morgan fingerprint density at radius 3 is 2.42 bits per heavy atom. The van der Waals surface area contributed by atoms with Gasteiger partial charge in [0.1, 0.15) is 0 Å². The Morgan fingerprint density at radius 2 is 1.92 bits per heavy atom. The molecular formula is C16H18F3N3O3S. The van der Waals surface area contributed by atoms with Gasteiger partial charge in [-0.15, -0.1) is 6.58 Å². The molecule has 0 unspecified atom stereocenters. The van der Waals surface area contributed by atoms with E-state index in [1.54, 1.807) is 12.1 Å². The van der Waals surface area contributed by atoms with Crippen LogP contribution in [0.15, 0.2) is 41.4 Å². The minimum Gasteiger partial charge on any atom is -0.329 e. The van der Waals surface area contributed by atoms with E-state index in [1.807, 2.05) is 6.92 Å². The van der Waals surface area contributed by atoms with Crippen molar-refractivity contribution >= 4 is 10.0 Å². The van der Waals surface area contributed by atoms with Gasteiger partial charge in [-0.2, -0.15) is 22.5 Å². The largest absolute Gasteiger partial charge is 0.471 e. The first kappa shape index (κ1) is 20.1. The molecule has 0 aliphatic heterocycles. The van der Waals surface area contributed by atoms with Crippen molar-refractivity contribution in [1.82, 2.24) is 14.4 Å². The van der Waals surface area contributed by atoms with Crippen molar-refractivity contribution in [2.45, 2.75) is 26.1 Å². The number of nitrogens with zero attached hydrogens (tertiary/aromatic N) is 3. The van der Waals surface area contributed by atoms with Crippen LogP contribution >= 0.6 is 0 Å². The van der Waals surface area contributed by atoms with Gasteiger partial charge in [0, 0.05) is 18.7 Å². The molecule has 6 nitrogen and oxygen atoms in total. The summed E-state index contributed by atoms with van der Waals surface area (Å²) in [7, 11) is -3.46. The Bertz CT molecular complexity index is 846. The predicted molar refractivity (Wildman–Crippen MR) is 89.4 cm³/mol. The molecular weight excluding hydrogens is 371 g/mol. The summed E-state index contributed by atoms with van der Waals surface area (Å²) in [6.45, 7) is 5.84. The number of alkyl halides is 3. The van der Waals surface area contributed by atoms with Crippen molar-refractivity contribution in [3.63, 3.8) is 0 Å². The van der Waals surface area contributed by atoms with Crippen LogP contribution in [-0.2, 0) is 22.7 Å². The quantitative estimate of drug-likeness (QED) is 0.646. The van der Waals surface area contributed by atoms with Gasteiger partial charge < -0.3 is 4.52 Å². The van der Waals surface area contributed by atoms with Gasteiger partial charge >= 0.3 is 12.1 Å². The third-order valence-corrected chi connectivity index (χ3v) is 5.19. The molecule has 26 heavy (non-hydrogen) atoms. The molecule has 0 fully saturated rings. The number of aromatic nitrogens is 2. The lowest BCUT2D eigenvalue weighted by Gasteiger charge is -2.21. The molecule has 0 amide bonds. The highest BCUT2D eigenvalue weighted by Gasteiger charge is 2.38. The Balaban J connectivity index is 2.18. The molecule has 0 bridgehead atoms. The number of rotatable bonds is 8. The molecule has 0 aliphatic carbocycles. The Kier molecular flexibility index (Phi) is 6.19. The lowest BCUT2D eigenvalue weighted by atomic mass is 10.1. The molecule has 0 saturated heterocycles. The molecule has 142 valence electrons. The minimum atomic E-state index is -4.70. The summed E-state index contributed by atoms with van der Waals surface area (Å²) in [6, 6.07) is 6.27. The van der Waals surface area contributed by atoms with Gasteiger partial charge in [-0.25, -0.2) is 8.42 Å². The van der Waals surface area contributed by atoms with E-state index in [0.29, 0.717) is 24.1 Å². The van der Waals surface area contributed by atoms with Crippen molar-refractivity contribution < 1.29 is 26.1 Å². The second kappa shape index (κ2) is 8.00. The maximum absolute atomic E-state index is 12.5. The normalized spacial score (nSPS) is 12.5. The fourth-order valence-corrected chi connectivity index (χ4v) is 3.55. The summed E-state index contributed by atoms with van der Waals surface area (Å²) in [5.41, 5.74) is 1.03. The van der Waals surface area contributed by atoms with Crippen molar-refractivity contribution in [3.8, 4) is 11.4 Å². The van der Waals surface area contributed by atoms with Crippen LogP contribution in [0.4, 0.5) is 13.2 Å². The second-order valence-electron chi connectivity index (χ2n) is 5.52. The fraction of sp³-hybridized carbons (Fsp3) is 0.375. The maximum atomic E-state index is 12.5. The van der Waals surface area contributed by atoms with E-state index in [0.717, 1.165) is 0 Å². The van der Waals surface area contributed by atoms with Crippen LogP contribution in [0.5, 0.6) is 0 Å². The van der Waals surface area contributed by atoms with E-state index in [9.17, 15) is 21.6 Å². The number of hydrogen-bond acceptors (Lipinski definition) is 5. The van der Waals surface area contributed by atoms with Crippen molar-refractivity contribution in [2.75, 3.05) is 12.3 Å². The van der Waals surface area contributed by atoms with E-state index < -0.39 is 22.1 Å². The highest BCUT2D eigenvalue weighted by Crippen LogP contribution is 2.29. The summed E-state index contributed by atoms with van der Waals surface area (Å²) in [4.78, 5) is 3.32. The van der Waals surface area contributed by atoms with E-state index in [-0.39, 0.29) is 18.1 Å². The van der Waals surface area contributed by atoms with E-state index in [2.05, 4.69) is 21.2 Å². The molecule has 2 aromatic rings. The topological polar surface area (TPSA) is 76.3 Å². The standard InChI is InChI=1S/C16H18F3N3O3S/c1-3-9-22(26(23,24)10-4-2)11-12-5-7-13(8-6-12)14-20-15(25-21-14)16(17,18)19/h4-8H,2-3,9-11H2,1H3. The molecule has 0 saturated carbocycles. The van der Waals surface area contributed by atoms with Crippen molar-refractivity contribution in [3.05, 3.63) is 48.4 Å². The zero-order chi connectivity index (χ0) is 19.4. The van der Waals surface area contributed by atoms with Gasteiger partial charge in [-0.1, -0.05) is 42.4 Å².